The number of hydrogen-bond acceptors (Lipinski definition) is 2. The smallest absolute Gasteiger partial charge is 0.241 e. The van der Waals surface area contributed by atoms with Crippen molar-refractivity contribution in [1.29, 1.82) is 0 Å². The number of nitrogens with one attached hydrogen (secondary N) is 1. The fourth-order valence-electron chi connectivity index (χ4n) is 1.78. The Hall–Kier alpha value is -2.07. The zero-order valence-corrected chi connectivity index (χ0v) is 10.3. The fourth-order valence-corrected chi connectivity index (χ4v) is 1.78. The van der Waals surface area contributed by atoms with Crippen LogP contribution >= 0.6 is 0 Å². The first kappa shape index (κ1) is 12.4. The minimum absolute atomic E-state index is 0.162. The number of aromatic nitrogens is 1. The second-order valence-corrected chi connectivity index (χ2v) is 4.29. The third kappa shape index (κ3) is 2.99. The normalized spacial score (nSPS) is 12.1. The highest BCUT2D eigenvalue weighted by Crippen LogP contribution is 2.09. The number of amides is 1. The lowest BCUT2D eigenvalue weighted by molar-refractivity contribution is -0.122. The maximum atomic E-state index is 11.9. The van der Waals surface area contributed by atoms with E-state index >= 15 is 0 Å². The Morgan fingerprint density at radius 1 is 1.33 bits per heavy atom. The number of nitrogens with zero attached hydrogens (tertiary/aromatic N) is 1. The van der Waals surface area contributed by atoms with E-state index in [1.165, 1.54) is 0 Å². The minimum atomic E-state index is -0.616. The zero-order chi connectivity index (χ0) is 13.0. The van der Waals surface area contributed by atoms with Gasteiger partial charge < -0.3 is 15.6 Å². The van der Waals surface area contributed by atoms with E-state index in [0.29, 0.717) is 6.54 Å². The lowest BCUT2D eigenvalue weighted by atomic mass is 10.1. The summed E-state index contributed by atoms with van der Waals surface area (Å²) in [6.07, 6.45) is 3.91. The van der Waals surface area contributed by atoms with Gasteiger partial charge in [0.1, 0.15) is 6.04 Å². The lowest BCUT2D eigenvalue weighted by Crippen LogP contribution is -2.33. The predicted molar refractivity (Wildman–Crippen MR) is 70.6 cm³/mol. The molecule has 18 heavy (non-hydrogen) atoms. The topological polar surface area (TPSA) is 60.0 Å². The zero-order valence-electron chi connectivity index (χ0n) is 10.3. The molecule has 1 aromatic heterocycles. The molecule has 94 valence electrons. The summed E-state index contributed by atoms with van der Waals surface area (Å²) in [5.74, 6) is -0.162. The van der Waals surface area contributed by atoms with Gasteiger partial charge in [-0.1, -0.05) is 30.3 Å². The van der Waals surface area contributed by atoms with Crippen molar-refractivity contribution in [2.45, 2.75) is 12.6 Å². The molecule has 0 fully saturated rings. The van der Waals surface area contributed by atoms with Gasteiger partial charge in [-0.3, -0.25) is 4.79 Å². The number of benzene rings is 1. The number of rotatable bonds is 4. The summed E-state index contributed by atoms with van der Waals surface area (Å²) >= 11 is 0. The molecule has 3 N–H and O–H groups in total. The van der Waals surface area contributed by atoms with Crippen LogP contribution in [-0.2, 0) is 18.4 Å². The molecule has 2 aromatic rings. The van der Waals surface area contributed by atoms with Gasteiger partial charge in [0.15, 0.2) is 0 Å². The van der Waals surface area contributed by atoms with E-state index in [1.807, 2.05) is 60.4 Å². The Bertz CT molecular complexity index is 519. The number of aryl methyl sites for hydroxylation is 1. The average molecular weight is 243 g/mol. The second kappa shape index (κ2) is 5.51. The highest BCUT2D eigenvalue weighted by atomic mass is 16.2. The second-order valence-electron chi connectivity index (χ2n) is 4.29. The first-order valence-electron chi connectivity index (χ1n) is 5.86. The van der Waals surface area contributed by atoms with Crippen molar-refractivity contribution in [2.75, 3.05) is 0 Å². The molecule has 0 saturated heterocycles. The SMILES string of the molecule is Cn1ccc(CNC(=O)[C@@H](N)c2ccccc2)c1. The highest BCUT2D eigenvalue weighted by Gasteiger charge is 2.14. The lowest BCUT2D eigenvalue weighted by Gasteiger charge is -2.11. The van der Waals surface area contributed by atoms with Crippen LogP contribution in [0, 0.1) is 0 Å². The number of carbonyl (C=O) groups is 1. The van der Waals surface area contributed by atoms with Gasteiger partial charge in [0.25, 0.3) is 0 Å². The maximum absolute atomic E-state index is 11.9. The van der Waals surface area contributed by atoms with Gasteiger partial charge in [0, 0.05) is 26.0 Å². The first-order chi connectivity index (χ1) is 8.66. The van der Waals surface area contributed by atoms with E-state index in [0.717, 1.165) is 11.1 Å². The van der Waals surface area contributed by atoms with Crippen LogP contribution in [0.25, 0.3) is 0 Å². The molecule has 4 nitrogen and oxygen atoms in total. The molecule has 4 heteroatoms. The molecule has 0 unspecified atom stereocenters. The highest BCUT2D eigenvalue weighted by molar-refractivity contribution is 5.82. The minimum Gasteiger partial charge on any atom is -0.357 e. The van der Waals surface area contributed by atoms with E-state index in [-0.39, 0.29) is 5.91 Å². The molecule has 0 aliphatic rings. The molecule has 0 spiro atoms. The average Bonchev–Trinajstić information content (AvgIpc) is 2.82. The van der Waals surface area contributed by atoms with Crippen molar-refractivity contribution in [3.8, 4) is 0 Å². The Morgan fingerprint density at radius 2 is 2.06 bits per heavy atom. The predicted octanol–water partition coefficient (Wildman–Crippen LogP) is 1.34. The Balaban J connectivity index is 1.92. The summed E-state index contributed by atoms with van der Waals surface area (Å²) in [6.45, 7) is 0.500. The summed E-state index contributed by atoms with van der Waals surface area (Å²) in [5, 5.41) is 2.83. The molecular weight excluding hydrogens is 226 g/mol. The van der Waals surface area contributed by atoms with Crippen molar-refractivity contribution < 1.29 is 4.79 Å². The van der Waals surface area contributed by atoms with E-state index in [4.69, 9.17) is 5.73 Å². The van der Waals surface area contributed by atoms with Crippen molar-refractivity contribution in [3.05, 3.63) is 59.9 Å². The standard InChI is InChI=1S/C14H17N3O/c1-17-8-7-11(10-17)9-16-14(18)13(15)12-5-3-2-4-6-12/h2-8,10,13H,9,15H2,1H3,(H,16,18)/t13-/m0/s1. The molecule has 1 atom stereocenters. The van der Waals surface area contributed by atoms with Crippen LogP contribution in [0.3, 0.4) is 0 Å². The number of carbonyl (C=O) groups excluding carboxylic acids is 1. The molecule has 0 aliphatic heterocycles. The first-order valence-corrected chi connectivity index (χ1v) is 5.86. The van der Waals surface area contributed by atoms with Crippen LogP contribution in [0.5, 0.6) is 0 Å². The molecular formula is C14H17N3O. The van der Waals surface area contributed by atoms with E-state index in [9.17, 15) is 4.79 Å². The largest absolute Gasteiger partial charge is 0.357 e. The van der Waals surface area contributed by atoms with Gasteiger partial charge in [0.2, 0.25) is 5.91 Å². The van der Waals surface area contributed by atoms with Crippen LogP contribution < -0.4 is 11.1 Å². The van der Waals surface area contributed by atoms with Gasteiger partial charge >= 0.3 is 0 Å². The molecule has 1 amide bonds. The van der Waals surface area contributed by atoms with Crippen molar-refractivity contribution in [3.63, 3.8) is 0 Å². The maximum Gasteiger partial charge on any atom is 0.241 e. The van der Waals surface area contributed by atoms with Crippen LogP contribution in [0.1, 0.15) is 17.2 Å². The molecule has 0 saturated carbocycles. The Labute approximate surface area is 106 Å². The van der Waals surface area contributed by atoms with Crippen LogP contribution in [0.4, 0.5) is 0 Å². The molecule has 2 rings (SSSR count). The summed E-state index contributed by atoms with van der Waals surface area (Å²) < 4.78 is 1.94. The molecule has 1 aromatic carbocycles. The Morgan fingerprint density at radius 3 is 2.67 bits per heavy atom. The van der Waals surface area contributed by atoms with E-state index in [1.54, 1.807) is 0 Å². The quantitative estimate of drug-likeness (QED) is 0.851. The molecule has 0 aliphatic carbocycles. The monoisotopic (exact) mass is 243 g/mol. The fraction of sp³-hybridized carbons (Fsp3) is 0.214. The van der Waals surface area contributed by atoms with E-state index < -0.39 is 6.04 Å². The summed E-state index contributed by atoms with van der Waals surface area (Å²) in [6, 6.07) is 10.7. The summed E-state index contributed by atoms with van der Waals surface area (Å²) in [4.78, 5) is 11.9. The van der Waals surface area contributed by atoms with Gasteiger partial charge in [-0.2, -0.15) is 0 Å². The molecule has 1 heterocycles. The third-order valence-corrected chi connectivity index (χ3v) is 2.80. The molecule has 0 bridgehead atoms. The van der Waals surface area contributed by atoms with Crippen molar-refractivity contribution >= 4 is 5.91 Å². The number of hydrogen-bond donors (Lipinski definition) is 2. The third-order valence-electron chi connectivity index (χ3n) is 2.80. The van der Waals surface area contributed by atoms with Crippen LogP contribution in [0.15, 0.2) is 48.8 Å². The molecule has 0 radical (unpaired) electrons. The van der Waals surface area contributed by atoms with Crippen LogP contribution in [0.2, 0.25) is 0 Å². The Kier molecular flexibility index (Phi) is 3.79. The summed E-state index contributed by atoms with van der Waals surface area (Å²) in [7, 11) is 1.95. The van der Waals surface area contributed by atoms with E-state index in [2.05, 4.69) is 5.32 Å². The van der Waals surface area contributed by atoms with Crippen molar-refractivity contribution in [1.82, 2.24) is 9.88 Å². The summed E-state index contributed by atoms with van der Waals surface area (Å²) in [5.41, 5.74) is 7.77. The number of nitrogens with two attached hydrogens (primary N) is 1. The van der Waals surface area contributed by atoms with Gasteiger partial charge in [0.05, 0.1) is 0 Å². The van der Waals surface area contributed by atoms with Gasteiger partial charge in [-0.15, -0.1) is 0 Å². The van der Waals surface area contributed by atoms with Gasteiger partial charge in [-0.05, 0) is 17.2 Å². The van der Waals surface area contributed by atoms with Crippen LogP contribution in [-0.4, -0.2) is 10.5 Å². The van der Waals surface area contributed by atoms with Gasteiger partial charge in [-0.25, -0.2) is 0 Å². The van der Waals surface area contributed by atoms with Crippen molar-refractivity contribution in [2.24, 2.45) is 12.8 Å².